The van der Waals surface area contributed by atoms with Crippen molar-refractivity contribution in [2.75, 3.05) is 13.7 Å². The van der Waals surface area contributed by atoms with Gasteiger partial charge in [0.2, 0.25) is 0 Å². The summed E-state index contributed by atoms with van der Waals surface area (Å²) in [4.78, 5) is 3.68. The minimum atomic E-state index is -3.63. The van der Waals surface area contributed by atoms with Gasteiger partial charge in [0.1, 0.15) is 29.4 Å². The number of nitrogens with zero attached hydrogens (tertiary/aromatic N) is 3. The van der Waals surface area contributed by atoms with Crippen molar-refractivity contribution in [1.29, 1.82) is 0 Å². The monoisotopic (exact) mass is 371 g/mol. The van der Waals surface area contributed by atoms with Gasteiger partial charge in [0, 0.05) is 12.6 Å². The van der Waals surface area contributed by atoms with E-state index in [9.17, 15) is 8.78 Å². The van der Waals surface area contributed by atoms with Gasteiger partial charge >= 0.3 is 0 Å². The Morgan fingerprint density at radius 1 is 1.31 bits per heavy atom. The van der Waals surface area contributed by atoms with Crippen LogP contribution in [0.15, 0.2) is 41.6 Å². The molecule has 1 unspecified atom stereocenters. The molecule has 1 atom stereocenters. The highest BCUT2D eigenvalue weighted by atomic mass is 19.3. The van der Waals surface area contributed by atoms with Crippen LogP contribution in [-0.4, -0.2) is 30.0 Å². The second kappa shape index (κ2) is 8.00. The Bertz CT molecular complexity index is 770. The van der Waals surface area contributed by atoms with E-state index < -0.39 is 41.3 Å². The summed E-state index contributed by atoms with van der Waals surface area (Å²) < 4.78 is 62.4. The van der Waals surface area contributed by atoms with Gasteiger partial charge in [-0.3, -0.25) is 9.99 Å². The fourth-order valence-electron chi connectivity index (χ4n) is 2.41. The summed E-state index contributed by atoms with van der Waals surface area (Å²) in [6.07, 6.45) is 2.02. The maximum Gasteiger partial charge on any atom is 0.298 e. The number of benzene rings is 1. The number of methoxy groups -OCH3 is 1. The molecule has 1 heterocycles. The number of hydrogen-bond donors (Lipinski definition) is 2. The van der Waals surface area contributed by atoms with E-state index in [0.717, 1.165) is 35.7 Å². The van der Waals surface area contributed by atoms with E-state index >= 15 is 8.78 Å². The van der Waals surface area contributed by atoms with E-state index in [2.05, 4.69) is 10.1 Å². The Morgan fingerprint density at radius 2 is 2.04 bits per heavy atom. The highest BCUT2D eigenvalue weighted by Gasteiger charge is 2.45. The van der Waals surface area contributed by atoms with Crippen molar-refractivity contribution in [2.24, 2.45) is 16.8 Å². The second-order valence-corrected chi connectivity index (χ2v) is 5.39. The molecule has 6 nitrogen and oxygen atoms in total. The Hall–Kier alpha value is -2.88. The zero-order valence-corrected chi connectivity index (χ0v) is 13.7. The van der Waals surface area contributed by atoms with Crippen LogP contribution in [0.4, 0.5) is 17.6 Å². The highest BCUT2D eigenvalue weighted by Crippen LogP contribution is 2.42. The first kappa shape index (κ1) is 19.4. The van der Waals surface area contributed by atoms with Gasteiger partial charge in [0.05, 0.1) is 19.2 Å². The van der Waals surface area contributed by atoms with E-state index in [4.69, 9.17) is 16.4 Å². The molecule has 0 saturated heterocycles. The van der Waals surface area contributed by atoms with Crippen molar-refractivity contribution in [1.82, 2.24) is 9.99 Å². The molecule has 0 aliphatic heterocycles. The number of hydrogen-bond acceptors (Lipinski definition) is 5. The number of hydrazine groups is 1. The minimum absolute atomic E-state index is 0.282. The van der Waals surface area contributed by atoms with Crippen LogP contribution in [0.25, 0.3) is 0 Å². The second-order valence-electron chi connectivity index (χ2n) is 5.39. The summed E-state index contributed by atoms with van der Waals surface area (Å²) in [5.41, 5.74) is -1.04. The third kappa shape index (κ3) is 4.20. The summed E-state index contributed by atoms with van der Waals surface area (Å²) in [6, 6.07) is 4.72. The number of hydrazone groups is 1. The average Bonchev–Trinajstić information content (AvgIpc) is 2.60. The third-order valence-electron chi connectivity index (χ3n) is 3.70. The molecule has 0 aliphatic carbocycles. The maximum atomic E-state index is 15.1. The number of aromatic nitrogens is 1. The van der Waals surface area contributed by atoms with Crippen LogP contribution in [0, 0.1) is 11.6 Å². The molecule has 0 aliphatic rings. The molecule has 1 aromatic carbocycles. The zero-order chi connectivity index (χ0) is 19.3. The van der Waals surface area contributed by atoms with Crippen LogP contribution >= 0.6 is 0 Å². The van der Waals surface area contributed by atoms with E-state index in [-0.39, 0.29) is 5.75 Å². The smallest absolute Gasteiger partial charge is 0.298 e. The molecule has 0 bridgehead atoms. The molecular formula is C16H17F4N5O. The molecule has 4 N–H and O–H groups in total. The lowest BCUT2D eigenvalue weighted by molar-refractivity contribution is -0.0443. The molecule has 0 amide bonds. The lowest BCUT2D eigenvalue weighted by Gasteiger charge is -2.29. The van der Waals surface area contributed by atoms with Gasteiger partial charge in [-0.25, -0.2) is 14.6 Å². The molecule has 0 spiro atoms. The van der Waals surface area contributed by atoms with E-state index in [1.807, 2.05) is 0 Å². The molecule has 0 fully saturated rings. The topological polar surface area (TPSA) is 89.8 Å². The number of alkyl halides is 2. The predicted octanol–water partition coefficient (Wildman–Crippen LogP) is 2.32. The van der Waals surface area contributed by atoms with Crippen molar-refractivity contribution in [2.45, 2.75) is 11.8 Å². The molecular weight excluding hydrogens is 354 g/mol. The lowest BCUT2D eigenvalue weighted by atomic mass is 9.89. The fraction of sp³-hybridized carbons (Fsp3) is 0.250. The SMILES string of the molecule is COc1ccc(C(F)(F)C(CN(N)/C=N\N)c2ccc(F)cc2F)nc1. The van der Waals surface area contributed by atoms with Crippen molar-refractivity contribution in [3.05, 3.63) is 59.4 Å². The Kier molecular flexibility index (Phi) is 5.98. The zero-order valence-electron chi connectivity index (χ0n) is 13.7. The van der Waals surface area contributed by atoms with Gasteiger partial charge in [-0.1, -0.05) is 6.07 Å². The van der Waals surface area contributed by atoms with Crippen LogP contribution in [0.3, 0.4) is 0 Å². The molecule has 2 rings (SSSR count). The number of halogens is 4. The predicted molar refractivity (Wildman–Crippen MR) is 87.4 cm³/mol. The summed E-state index contributed by atoms with van der Waals surface area (Å²) in [5, 5.41) is 3.92. The Morgan fingerprint density at radius 3 is 2.58 bits per heavy atom. The standard InChI is InChI=1S/C16H17F4N5O/c1-26-11-3-5-15(23-7-11)16(19,20)13(8-25(22)9-24-21)12-4-2-10(17)6-14(12)18/h2-7,9,13H,8,21-22H2,1H3/b24-9-. The summed E-state index contributed by atoms with van der Waals surface area (Å²) >= 11 is 0. The van der Waals surface area contributed by atoms with Crippen LogP contribution in [0.1, 0.15) is 17.2 Å². The van der Waals surface area contributed by atoms with Gasteiger partial charge < -0.3 is 10.6 Å². The number of nitrogens with two attached hydrogens (primary N) is 2. The van der Waals surface area contributed by atoms with Gasteiger partial charge in [-0.2, -0.15) is 13.9 Å². The first-order valence-electron chi connectivity index (χ1n) is 7.37. The van der Waals surface area contributed by atoms with E-state index in [1.165, 1.54) is 13.2 Å². The van der Waals surface area contributed by atoms with Gasteiger partial charge in [0.15, 0.2) is 0 Å². The van der Waals surface area contributed by atoms with Crippen molar-refractivity contribution in [3.63, 3.8) is 0 Å². The largest absolute Gasteiger partial charge is 0.495 e. The van der Waals surface area contributed by atoms with Crippen LogP contribution in [0.2, 0.25) is 0 Å². The van der Waals surface area contributed by atoms with Crippen LogP contribution < -0.4 is 16.4 Å². The number of ether oxygens (including phenoxy) is 1. The van der Waals surface area contributed by atoms with Crippen LogP contribution in [-0.2, 0) is 5.92 Å². The van der Waals surface area contributed by atoms with E-state index in [0.29, 0.717) is 6.07 Å². The fourth-order valence-corrected chi connectivity index (χ4v) is 2.41. The Balaban J connectivity index is 2.49. The molecule has 0 saturated carbocycles. The molecule has 1 aromatic heterocycles. The first-order valence-corrected chi connectivity index (χ1v) is 7.37. The van der Waals surface area contributed by atoms with Crippen molar-refractivity contribution >= 4 is 6.34 Å². The molecule has 26 heavy (non-hydrogen) atoms. The van der Waals surface area contributed by atoms with Gasteiger partial charge in [-0.05, 0) is 23.8 Å². The molecule has 10 heteroatoms. The molecule has 0 radical (unpaired) electrons. The van der Waals surface area contributed by atoms with Crippen molar-refractivity contribution in [3.8, 4) is 5.75 Å². The average molecular weight is 371 g/mol. The van der Waals surface area contributed by atoms with Crippen molar-refractivity contribution < 1.29 is 22.3 Å². The normalized spacial score (nSPS) is 13.0. The third-order valence-corrected chi connectivity index (χ3v) is 3.70. The molecule has 2 aromatic rings. The van der Waals surface area contributed by atoms with Crippen LogP contribution in [0.5, 0.6) is 5.75 Å². The van der Waals surface area contributed by atoms with Gasteiger partial charge in [0.25, 0.3) is 5.92 Å². The Labute approximate surface area is 147 Å². The number of pyridine rings is 1. The molecule has 140 valence electrons. The highest BCUT2D eigenvalue weighted by molar-refractivity contribution is 5.53. The van der Waals surface area contributed by atoms with Gasteiger partial charge in [-0.15, -0.1) is 0 Å². The summed E-state index contributed by atoms with van der Waals surface area (Å²) in [6.45, 7) is -0.552. The summed E-state index contributed by atoms with van der Waals surface area (Å²) in [5.74, 6) is 3.37. The maximum absolute atomic E-state index is 15.1. The number of rotatable bonds is 7. The minimum Gasteiger partial charge on any atom is -0.495 e. The van der Waals surface area contributed by atoms with E-state index in [1.54, 1.807) is 0 Å². The lowest BCUT2D eigenvalue weighted by Crippen LogP contribution is -2.40. The first-order chi connectivity index (χ1) is 12.3. The quantitative estimate of drug-likeness (QED) is 0.256. The summed E-state index contributed by atoms with van der Waals surface area (Å²) in [7, 11) is 1.37.